The van der Waals surface area contributed by atoms with E-state index in [0.29, 0.717) is 5.82 Å². The van der Waals surface area contributed by atoms with Crippen LogP contribution in [0.5, 0.6) is 0 Å². The first-order valence-electron chi connectivity index (χ1n) is 15.0. The van der Waals surface area contributed by atoms with Crippen LogP contribution in [0.4, 0.5) is 0 Å². The Labute approximate surface area is 252 Å². The van der Waals surface area contributed by atoms with E-state index in [2.05, 4.69) is 101 Å². The third kappa shape index (κ3) is 4.77. The molecule has 0 radical (unpaired) electrons. The maximum Gasteiger partial charge on any atom is 0.155 e. The van der Waals surface area contributed by atoms with Gasteiger partial charge < -0.3 is 9.97 Å². The van der Waals surface area contributed by atoms with Crippen molar-refractivity contribution >= 4 is 34.5 Å². The highest BCUT2D eigenvalue weighted by Gasteiger charge is 2.24. The van der Waals surface area contributed by atoms with E-state index in [-0.39, 0.29) is 5.92 Å². The van der Waals surface area contributed by atoms with Crippen molar-refractivity contribution in [1.82, 2.24) is 29.9 Å². The summed E-state index contributed by atoms with van der Waals surface area (Å²) in [5, 5.41) is 0. The van der Waals surface area contributed by atoms with Gasteiger partial charge in [0.1, 0.15) is 17.1 Å². The van der Waals surface area contributed by atoms with Gasteiger partial charge in [-0.25, -0.2) is 19.9 Å². The molecule has 5 aromatic rings. The van der Waals surface area contributed by atoms with Crippen molar-refractivity contribution in [3.63, 3.8) is 0 Å². The third-order valence-corrected chi connectivity index (χ3v) is 8.56. The molecule has 0 spiro atoms. The molecule has 1 unspecified atom stereocenters. The number of aromatic nitrogens is 6. The predicted molar refractivity (Wildman–Crippen MR) is 177 cm³/mol. The van der Waals surface area contributed by atoms with Gasteiger partial charge in [-0.05, 0) is 111 Å². The van der Waals surface area contributed by atoms with Crippen LogP contribution < -0.4 is 0 Å². The van der Waals surface area contributed by atoms with Crippen molar-refractivity contribution in [2.75, 3.05) is 0 Å². The minimum absolute atomic E-state index is 0.182. The molecule has 6 nitrogen and oxygen atoms in total. The van der Waals surface area contributed by atoms with Crippen LogP contribution in [0.15, 0.2) is 48.5 Å². The number of rotatable bonds is 2. The number of hydrogen-bond acceptors (Lipinski definition) is 4. The number of nitrogens with one attached hydrogen (secondary N) is 2. The summed E-state index contributed by atoms with van der Waals surface area (Å²) in [4.78, 5) is 27.4. The molecular weight excluding hydrogens is 528 g/mol. The lowest BCUT2D eigenvalue weighted by Crippen LogP contribution is -1.96. The average molecular weight is 565 g/mol. The summed E-state index contributed by atoms with van der Waals surface area (Å²) in [7, 11) is 0. The summed E-state index contributed by atoms with van der Waals surface area (Å²) in [6.45, 7) is 15.2. The van der Waals surface area contributed by atoms with Crippen molar-refractivity contribution in [3.8, 4) is 22.3 Å². The molecule has 0 saturated heterocycles. The third-order valence-electron chi connectivity index (χ3n) is 8.56. The number of fused-ring (bicyclic) bond motifs is 8. The normalized spacial score (nSPS) is 14.4. The smallest absolute Gasteiger partial charge is 0.155 e. The zero-order chi connectivity index (χ0) is 30.0. The summed E-state index contributed by atoms with van der Waals surface area (Å²) in [6.07, 6.45) is 4.86. The maximum absolute atomic E-state index is 5.19. The van der Waals surface area contributed by atoms with Crippen molar-refractivity contribution < 1.29 is 0 Å². The highest BCUT2D eigenvalue weighted by atomic mass is 15.0. The van der Waals surface area contributed by atoms with E-state index in [4.69, 9.17) is 19.9 Å². The van der Waals surface area contributed by atoms with Crippen molar-refractivity contribution in [3.05, 3.63) is 105 Å². The van der Waals surface area contributed by atoms with Gasteiger partial charge in [0.25, 0.3) is 0 Å². The van der Waals surface area contributed by atoms with Crippen LogP contribution in [0.1, 0.15) is 69.3 Å². The SMILES string of the molecule is Cc1cc(C)c(-c2c3nc(nc4ccc([nH]4)c(-c4c(C)cc(C)cc4C)c4nc(nc5ccc2[nH]5)C(C)C4)C=C3)c(C)c1. The Balaban J connectivity index is 1.60. The van der Waals surface area contributed by atoms with E-state index in [1.54, 1.807) is 0 Å². The Morgan fingerprint density at radius 3 is 1.72 bits per heavy atom. The Hall–Kier alpha value is -4.84. The Kier molecular flexibility index (Phi) is 6.38. The predicted octanol–water partition coefficient (Wildman–Crippen LogP) is 8.81. The first kappa shape index (κ1) is 27.0. The quantitative estimate of drug-likeness (QED) is 0.220. The number of H-pyrrole nitrogens is 2. The molecule has 43 heavy (non-hydrogen) atoms. The van der Waals surface area contributed by atoms with Gasteiger partial charge in [0, 0.05) is 34.5 Å². The molecule has 0 saturated carbocycles. The van der Waals surface area contributed by atoms with Crippen LogP contribution in [-0.4, -0.2) is 29.9 Å². The lowest BCUT2D eigenvalue weighted by Gasteiger charge is -2.13. The molecule has 6 heteroatoms. The lowest BCUT2D eigenvalue weighted by atomic mass is 9.91. The van der Waals surface area contributed by atoms with Crippen LogP contribution in [0.25, 0.3) is 56.7 Å². The van der Waals surface area contributed by atoms with Gasteiger partial charge in [-0.1, -0.05) is 42.3 Å². The molecular formula is C37H36N6. The first-order chi connectivity index (χ1) is 20.6. The minimum atomic E-state index is 0.182. The minimum Gasteiger partial charge on any atom is -0.340 e. The summed E-state index contributed by atoms with van der Waals surface area (Å²) in [6, 6.07) is 17.3. The Bertz CT molecular complexity index is 2100. The van der Waals surface area contributed by atoms with E-state index in [1.807, 2.05) is 18.2 Å². The van der Waals surface area contributed by atoms with Crippen LogP contribution in [0.2, 0.25) is 0 Å². The molecule has 2 aliphatic heterocycles. The van der Waals surface area contributed by atoms with E-state index < -0.39 is 0 Å². The van der Waals surface area contributed by atoms with Gasteiger partial charge in [-0.2, -0.15) is 0 Å². The fourth-order valence-electron chi connectivity index (χ4n) is 6.94. The second-order valence-electron chi connectivity index (χ2n) is 12.2. The van der Waals surface area contributed by atoms with Gasteiger partial charge in [-0.3, -0.25) is 0 Å². The van der Waals surface area contributed by atoms with Crippen molar-refractivity contribution in [2.24, 2.45) is 0 Å². The van der Waals surface area contributed by atoms with Gasteiger partial charge in [0.05, 0.1) is 11.4 Å². The molecule has 0 aliphatic carbocycles. The van der Waals surface area contributed by atoms with Gasteiger partial charge in [-0.15, -0.1) is 0 Å². The Morgan fingerprint density at radius 2 is 1.12 bits per heavy atom. The molecule has 3 aromatic heterocycles. The second-order valence-corrected chi connectivity index (χ2v) is 12.2. The zero-order valence-corrected chi connectivity index (χ0v) is 25.8. The van der Waals surface area contributed by atoms with E-state index in [9.17, 15) is 0 Å². The van der Waals surface area contributed by atoms with Crippen molar-refractivity contribution in [1.29, 1.82) is 0 Å². The molecule has 0 fully saturated rings. The first-order valence-corrected chi connectivity index (χ1v) is 15.0. The van der Waals surface area contributed by atoms with E-state index in [0.717, 1.165) is 57.1 Å². The lowest BCUT2D eigenvalue weighted by molar-refractivity contribution is 0.769. The van der Waals surface area contributed by atoms with Crippen molar-refractivity contribution in [2.45, 2.75) is 60.8 Å². The topological polar surface area (TPSA) is 83.1 Å². The van der Waals surface area contributed by atoms with Crippen LogP contribution in [0, 0.1) is 41.5 Å². The summed E-state index contributed by atoms with van der Waals surface area (Å²) < 4.78 is 0. The molecule has 2 aromatic carbocycles. The summed E-state index contributed by atoms with van der Waals surface area (Å²) in [5.41, 5.74) is 17.4. The van der Waals surface area contributed by atoms with Gasteiger partial charge in [0.2, 0.25) is 0 Å². The number of aryl methyl sites for hydroxylation is 6. The van der Waals surface area contributed by atoms with Crippen LogP contribution in [0.3, 0.4) is 0 Å². The maximum atomic E-state index is 5.19. The second kappa shape index (κ2) is 10.2. The summed E-state index contributed by atoms with van der Waals surface area (Å²) >= 11 is 0. The fourth-order valence-corrected chi connectivity index (χ4v) is 6.94. The molecule has 1 atom stereocenters. The number of aromatic amines is 2. The number of benzene rings is 2. The molecule has 214 valence electrons. The zero-order valence-electron chi connectivity index (χ0n) is 25.8. The fraction of sp³-hybridized carbons (Fsp3) is 0.243. The molecule has 2 N–H and O–H groups in total. The standard InChI is InChI=1S/C37H36N6/c1-19-14-21(3)33(22(4)15-19)35-26-8-11-30(38-26)42-31-12-9-28(39-31)36(34-23(5)16-20(2)17-24(34)6)29-18-25(7)37(41-29)43-32-13-10-27(35)40-32/h8-17,25H,18H2,1-7H3,(H,38,39,42)(H,40,41,43). The molecule has 5 heterocycles. The van der Waals surface area contributed by atoms with Gasteiger partial charge >= 0.3 is 0 Å². The average Bonchev–Trinajstić information content (AvgIpc) is 3.73. The molecule has 2 aliphatic rings. The largest absolute Gasteiger partial charge is 0.340 e. The number of hydrogen-bond donors (Lipinski definition) is 2. The van der Waals surface area contributed by atoms with Crippen LogP contribution >= 0.6 is 0 Å². The van der Waals surface area contributed by atoms with E-state index >= 15 is 0 Å². The monoisotopic (exact) mass is 564 g/mol. The van der Waals surface area contributed by atoms with Crippen LogP contribution in [-0.2, 0) is 6.42 Å². The molecule has 7 rings (SSSR count). The highest BCUT2D eigenvalue weighted by Crippen LogP contribution is 2.38. The molecule has 0 amide bonds. The Morgan fingerprint density at radius 1 is 0.581 bits per heavy atom. The molecule has 8 bridgehead atoms. The highest BCUT2D eigenvalue weighted by molar-refractivity contribution is 5.92. The number of nitrogens with zero attached hydrogens (tertiary/aromatic N) is 4. The van der Waals surface area contributed by atoms with Gasteiger partial charge in [0.15, 0.2) is 5.82 Å². The van der Waals surface area contributed by atoms with E-state index in [1.165, 1.54) is 44.5 Å². The summed E-state index contributed by atoms with van der Waals surface area (Å²) in [5.74, 6) is 1.69.